The smallest absolute Gasteiger partial charge is 0.263 e. The predicted octanol–water partition coefficient (Wildman–Crippen LogP) is 2.21. The van der Waals surface area contributed by atoms with Crippen molar-refractivity contribution in [3.8, 4) is 11.8 Å². The largest absolute Gasteiger partial charge is 0.384 e. The third kappa shape index (κ3) is 4.52. The Kier molecular flexibility index (Phi) is 4.94. The van der Waals surface area contributed by atoms with E-state index in [0.29, 0.717) is 11.4 Å². The van der Waals surface area contributed by atoms with Crippen LogP contribution in [0.3, 0.4) is 0 Å². The van der Waals surface area contributed by atoms with E-state index in [0.717, 1.165) is 4.88 Å². The molecule has 0 bridgehead atoms. The molecule has 4 heteroatoms. The van der Waals surface area contributed by atoms with E-state index < -0.39 is 0 Å². The van der Waals surface area contributed by atoms with Crippen molar-refractivity contribution in [2.24, 2.45) is 5.41 Å². The fourth-order valence-electron chi connectivity index (χ4n) is 1.62. The topological polar surface area (TPSA) is 40.5 Å². The Morgan fingerprint density at radius 3 is 2.67 bits per heavy atom. The Morgan fingerprint density at radius 1 is 1.44 bits per heavy atom. The first-order valence-corrected chi connectivity index (χ1v) is 6.60. The van der Waals surface area contributed by atoms with E-state index in [1.807, 2.05) is 13.1 Å². The van der Waals surface area contributed by atoms with Gasteiger partial charge in [0.25, 0.3) is 5.91 Å². The molecule has 0 spiro atoms. The molecule has 0 atom stereocenters. The molecule has 18 heavy (non-hydrogen) atoms. The number of carbonyl (C=O) groups excluding carboxylic acids is 1. The minimum Gasteiger partial charge on any atom is -0.384 e. The summed E-state index contributed by atoms with van der Waals surface area (Å²) in [5, 5.41) is 8.62. The number of carbonyl (C=O) groups is 1. The van der Waals surface area contributed by atoms with Crippen molar-refractivity contribution in [3.63, 3.8) is 0 Å². The number of hydrogen-bond acceptors (Lipinski definition) is 3. The molecule has 0 aliphatic heterocycles. The molecular weight excluding hydrogens is 246 g/mol. The summed E-state index contributed by atoms with van der Waals surface area (Å²) < 4.78 is 0. The van der Waals surface area contributed by atoms with Crippen LogP contribution in [0.15, 0.2) is 12.1 Å². The fourth-order valence-corrected chi connectivity index (χ4v) is 2.49. The van der Waals surface area contributed by atoms with E-state index in [1.165, 1.54) is 11.3 Å². The normalized spacial score (nSPS) is 10.7. The van der Waals surface area contributed by atoms with Gasteiger partial charge in [-0.2, -0.15) is 0 Å². The van der Waals surface area contributed by atoms with Crippen molar-refractivity contribution in [1.82, 2.24) is 4.90 Å². The second-order valence-electron chi connectivity index (χ2n) is 5.35. The minimum atomic E-state index is -0.162. The van der Waals surface area contributed by atoms with Gasteiger partial charge in [0.15, 0.2) is 0 Å². The number of aliphatic hydroxyl groups excluding tert-OH is 1. The molecule has 0 unspecified atom stereocenters. The second kappa shape index (κ2) is 6.03. The Bertz CT molecular complexity index is 474. The zero-order valence-electron chi connectivity index (χ0n) is 11.3. The lowest BCUT2D eigenvalue weighted by atomic mass is 9.96. The third-order valence-corrected chi connectivity index (χ3v) is 3.15. The highest BCUT2D eigenvalue weighted by atomic mass is 32.1. The maximum atomic E-state index is 12.1. The molecule has 0 aromatic carbocycles. The highest BCUT2D eigenvalue weighted by Crippen LogP contribution is 2.20. The number of amides is 1. The van der Waals surface area contributed by atoms with Crippen molar-refractivity contribution in [2.75, 3.05) is 20.2 Å². The van der Waals surface area contributed by atoms with Gasteiger partial charge in [0.1, 0.15) is 6.61 Å². The summed E-state index contributed by atoms with van der Waals surface area (Å²) in [6.07, 6.45) is 0. The molecule has 3 nitrogen and oxygen atoms in total. The van der Waals surface area contributed by atoms with Gasteiger partial charge in [0, 0.05) is 13.6 Å². The lowest BCUT2D eigenvalue weighted by Gasteiger charge is -2.26. The standard InChI is InChI=1S/C14H19NO2S/c1-14(2,3)10-15(4)13(17)12-8-7-11(18-12)6-5-9-16/h7-8,16H,9-10H2,1-4H3. The first-order valence-electron chi connectivity index (χ1n) is 5.78. The highest BCUT2D eigenvalue weighted by molar-refractivity contribution is 7.14. The average Bonchev–Trinajstić information content (AvgIpc) is 2.71. The summed E-state index contributed by atoms with van der Waals surface area (Å²) in [4.78, 5) is 15.4. The van der Waals surface area contributed by atoms with Crippen LogP contribution in [-0.2, 0) is 0 Å². The van der Waals surface area contributed by atoms with Gasteiger partial charge in [-0.15, -0.1) is 11.3 Å². The fraction of sp³-hybridized carbons (Fsp3) is 0.500. The van der Waals surface area contributed by atoms with Crippen LogP contribution in [0.1, 0.15) is 35.3 Å². The molecular formula is C14H19NO2S. The Morgan fingerprint density at radius 2 is 2.11 bits per heavy atom. The molecule has 1 aromatic heterocycles. The van der Waals surface area contributed by atoms with Crippen molar-refractivity contribution < 1.29 is 9.90 Å². The van der Waals surface area contributed by atoms with Gasteiger partial charge in [-0.3, -0.25) is 4.79 Å². The molecule has 0 saturated carbocycles. The number of hydrogen-bond donors (Lipinski definition) is 1. The van der Waals surface area contributed by atoms with E-state index in [4.69, 9.17) is 5.11 Å². The molecule has 1 heterocycles. The van der Waals surface area contributed by atoms with Crippen LogP contribution in [0.25, 0.3) is 0 Å². The zero-order valence-corrected chi connectivity index (χ0v) is 12.1. The highest BCUT2D eigenvalue weighted by Gasteiger charge is 2.19. The molecule has 1 rings (SSSR count). The zero-order chi connectivity index (χ0) is 13.8. The summed E-state index contributed by atoms with van der Waals surface area (Å²) in [7, 11) is 1.81. The number of aliphatic hydroxyl groups is 1. The van der Waals surface area contributed by atoms with Gasteiger partial charge in [-0.05, 0) is 17.5 Å². The van der Waals surface area contributed by atoms with Crippen molar-refractivity contribution in [2.45, 2.75) is 20.8 Å². The number of rotatable bonds is 2. The van der Waals surface area contributed by atoms with Crippen molar-refractivity contribution >= 4 is 17.2 Å². The lowest BCUT2D eigenvalue weighted by Crippen LogP contribution is -2.34. The molecule has 98 valence electrons. The molecule has 0 saturated heterocycles. The average molecular weight is 265 g/mol. The number of thiophene rings is 1. The monoisotopic (exact) mass is 265 g/mol. The van der Waals surface area contributed by atoms with Gasteiger partial charge in [0.2, 0.25) is 0 Å². The van der Waals surface area contributed by atoms with E-state index in [9.17, 15) is 4.79 Å². The number of nitrogens with zero attached hydrogens (tertiary/aromatic N) is 1. The molecule has 0 aliphatic rings. The maximum Gasteiger partial charge on any atom is 0.263 e. The lowest BCUT2D eigenvalue weighted by molar-refractivity contribution is 0.0750. The first kappa shape index (κ1) is 14.7. The van der Waals surface area contributed by atoms with Gasteiger partial charge < -0.3 is 10.0 Å². The van der Waals surface area contributed by atoms with Crippen molar-refractivity contribution in [1.29, 1.82) is 0 Å². The Hall–Kier alpha value is -1.31. The van der Waals surface area contributed by atoms with Crippen LogP contribution in [0.2, 0.25) is 0 Å². The minimum absolute atomic E-state index is 0.0203. The summed E-state index contributed by atoms with van der Waals surface area (Å²) in [5.41, 5.74) is 0.0845. The Balaban J connectivity index is 2.75. The van der Waals surface area contributed by atoms with Gasteiger partial charge >= 0.3 is 0 Å². The Labute approximate surface area is 112 Å². The summed E-state index contributed by atoms with van der Waals surface area (Å²) >= 11 is 1.36. The quantitative estimate of drug-likeness (QED) is 0.833. The first-order chi connectivity index (χ1) is 8.33. The van der Waals surface area contributed by atoms with Crippen molar-refractivity contribution in [3.05, 3.63) is 21.9 Å². The molecule has 0 radical (unpaired) electrons. The van der Waals surface area contributed by atoms with Gasteiger partial charge in [-0.1, -0.05) is 32.6 Å². The van der Waals surface area contributed by atoms with E-state index >= 15 is 0 Å². The third-order valence-electron chi connectivity index (χ3n) is 2.17. The van der Waals surface area contributed by atoms with Crippen LogP contribution in [0, 0.1) is 17.3 Å². The van der Waals surface area contributed by atoms with Crippen LogP contribution < -0.4 is 0 Å². The second-order valence-corrected chi connectivity index (χ2v) is 6.43. The SMILES string of the molecule is CN(CC(C)(C)C)C(=O)c1ccc(C#CCO)s1. The van der Waals surface area contributed by atoms with E-state index in [2.05, 4.69) is 32.6 Å². The molecule has 1 amide bonds. The van der Waals surface area contributed by atoms with Crippen LogP contribution in [-0.4, -0.2) is 36.1 Å². The van der Waals surface area contributed by atoms with Crippen LogP contribution >= 0.6 is 11.3 Å². The van der Waals surface area contributed by atoms with Crippen LogP contribution in [0.4, 0.5) is 0 Å². The summed E-state index contributed by atoms with van der Waals surface area (Å²) in [5.74, 6) is 5.40. The maximum absolute atomic E-state index is 12.1. The molecule has 1 N–H and O–H groups in total. The summed E-state index contributed by atoms with van der Waals surface area (Å²) in [6, 6.07) is 3.60. The van der Waals surface area contributed by atoms with E-state index in [-0.39, 0.29) is 17.9 Å². The van der Waals surface area contributed by atoms with Gasteiger partial charge in [-0.25, -0.2) is 0 Å². The van der Waals surface area contributed by atoms with Crippen LogP contribution in [0.5, 0.6) is 0 Å². The summed E-state index contributed by atoms with van der Waals surface area (Å²) in [6.45, 7) is 6.85. The molecule has 0 fully saturated rings. The molecule has 1 aromatic rings. The molecule has 0 aliphatic carbocycles. The van der Waals surface area contributed by atoms with E-state index in [1.54, 1.807) is 11.0 Å². The van der Waals surface area contributed by atoms with Gasteiger partial charge in [0.05, 0.1) is 9.75 Å². The predicted molar refractivity (Wildman–Crippen MR) is 74.7 cm³/mol.